The molecular formula is C23H21F3N2O2. The van der Waals surface area contributed by atoms with Crippen LogP contribution in [0.1, 0.15) is 25.8 Å². The quantitative estimate of drug-likeness (QED) is 0.583. The molecule has 1 N–H and O–H groups in total. The van der Waals surface area contributed by atoms with Crippen LogP contribution in [0.2, 0.25) is 0 Å². The van der Waals surface area contributed by atoms with Crippen molar-refractivity contribution in [2.24, 2.45) is 0 Å². The summed E-state index contributed by atoms with van der Waals surface area (Å²) >= 11 is 0. The predicted octanol–water partition coefficient (Wildman–Crippen LogP) is 5.21. The van der Waals surface area contributed by atoms with Crippen LogP contribution in [0.4, 0.5) is 18.9 Å². The Bertz CT molecular complexity index is 1180. The minimum Gasteiger partial charge on any atom is -0.379 e. The molecule has 0 aliphatic heterocycles. The molecule has 0 aliphatic carbocycles. The summed E-state index contributed by atoms with van der Waals surface area (Å²) < 4.78 is 43.5. The smallest absolute Gasteiger partial charge is 0.379 e. The number of para-hydroxylation sites is 1. The Labute approximate surface area is 172 Å². The van der Waals surface area contributed by atoms with E-state index in [1.54, 1.807) is 62.4 Å². The van der Waals surface area contributed by atoms with Crippen molar-refractivity contribution in [3.05, 3.63) is 88.0 Å². The highest BCUT2D eigenvalue weighted by Crippen LogP contribution is 2.42. The first-order chi connectivity index (χ1) is 14.0. The lowest BCUT2D eigenvalue weighted by Gasteiger charge is -2.38. The molecule has 1 aromatic heterocycles. The number of pyridine rings is 1. The highest BCUT2D eigenvalue weighted by Gasteiger charge is 2.56. The van der Waals surface area contributed by atoms with E-state index < -0.39 is 30.2 Å². The van der Waals surface area contributed by atoms with Gasteiger partial charge >= 0.3 is 6.18 Å². The summed E-state index contributed by atoms with van der Waals surface area (Å²) in [5, 5.41) is 11.2. The topological polar surface area (TPSA) is 46.6 Å². The summed E-state index contributed by atoms with van der Waals surface area (Å²) in [7, 11) is 0. The van der Waals surface area contributed by atoms with Gasteiger partial charge in [0.2, 0.25) is 0 Å². The number of aliphatic hydroxyl groups is 1. The van der Waals surface area contributed by atoms with Crippen molar-refractivity contribution in [3.8, 4) is 0 Å². The standard InChI is InChI=1S/C23H21F3N2O2/c1-21(2,16-7-6-8-17(13-16)27-3)14-22(30,23(24,25)26)15-28-12-11-20(29)18-9-4-5-10-19(18)28/h4-13,30H,14-15H2,1-2H3. The number of rotatable bonds is 5. The van der Waals surface area contributed by atoms with Gasteiger partial charge in [-0.1, -0.05) is 55.8 Å². The van der Waals surface area contributed by atoms with Crippen molar-refractivity contribution < 1.29 is 18.3 Å². The summed E-state index contributed by atoms with van der Waals surface area (Å²) in [5.41, 5.74) is -3.25. The molecular weight excluding hydrogens is 393 g/mol. The van der Waals surface area contributed by atoms with Gasteiger partial charge in [0.15, 0.2) is 16.7 Å². The molecule has 0 aliphatic rings. The first-order valence-electron chi connectivity index (χ1n) is 9.32. The molecule has 0 radical (unpaired) electrons. The monoisotopic (exact) mass is 414 g/mol. The van der Waals surface area contributed by atoms with Crippen molar-refractivity contribution in [1.82, 2.24) is 4.57 Å². The Balaban J connectivity index is 2.05. The third-order valence-electron chi connectivity index (χ3n) is 5.34. The van der Waals surface area contributed by atoms with Crippen molar-refractivity contribution >= 4 is 16.6 Å². The van der Waals surface area contributed by atoms with Crippen LogP contribution in [0.3, 0.4) is 0 Å². The largest absolute Gasteiger partial charge is 0.418 e. The third kappa shape index (κ3) is 4.10. The molecule has 7 heteroatoms. The van der Waals surface area contributed by atoms with Gasteiger partial charge in [0.25, 0.3) is 0 Å². The molecule has 3 aromatic rings. The maximum absolute atomic E-state index is 14.1. The van der Waals surface area contributed by atoms with Crippen LogP contribution in [-0.2, 0) is 12.0 Å². The summed E-state index contributed by atoms with van der Waals surface area (Å²) in [5.74, 6) is 0. The predicted molar refractivity (Wildman–Crippen MR) is 110 cm³/mol. The highest BCUT2D eigenvalue weighted by molar-refractivity contribution is 5.78. The second-order valence-corrected chi connectivity index (χ2v) is 8.08. The molecule has 0 saturated heterocycles. The molecule has 1 heterocycles. The molecule has 3 rings (SSSR count). The zero-order chi connectivity index (χ0) is 22.2. The normalized spacial score (nSPS) is 14.3. The van der Waals surface area contributed by atoms with Crippen molar-refractivity contribution in [2.45, 2.75) is 44.0 Å². The molecule has 0 fully saturated rings. The van der Waals surface area contributed by atoms with E-state index >= 15 is 0 Å². The molecule has 1 unspecified atom stereocenters. The lowest BCUT2D eigenvalue weighted by Crippen LogP contribution is -2.52. The van der Waals surface area contributed by atoms with Gasteiger partial charge in [0.05, 0.1) is 18.6 Å². The van der Waals surface area contributed by atoms with E-state index in [1.165, 1.54) is 16.8 Å². The highest BCUT2D eigenvalue weighted by atomic mass is 19.4. The Morgan fingerprint density at radius 1 is 1.07 bits per heavy atom. The lowest BCUT2D eigenvalue weighted by atomic mass is 9.74. The van der Waals surface area contributed by atoms with Crippen LogP contribution >= 0.6 is 0 Å². The number of aromatic nitrogens is 1. The van der Waals surface area contributed by atoms with Crippen molar-refractivity contribution in [1.29, 1.82) is 0 Å². The summed E-state index contributed by atoms with van der Waals surface area (Å²) in [6.07, 6.45) is -4.26. The fourth-order valence-corrected chi connectivity index (χ4v) is 3.76. The number of halogens is 3. The van der Waals surface area contributed by atoms with Gasteiger partial charge in [-0.2, -0.15) is 13.2 Å². The zero-order valence-corrected chi connectivity index (χ0v) is 16.6. The Hall–Kier alpha value is -3.11. The van der Waals surface area contributed by atoms with E-state index in [0.717, 1.165) is 0 Å². The summed E-state index contributed by atoms with van der Waals surface area (Å²) in [4.78, 5) is 15.4. The van der Waals surface area contributed by atoms with Gasteiger partial charge in [-0.3, -0.25) is 4.79 Å². The average Bonchev–Trinajstić information content (AvgIpc) is 2.69. The number of fused-ring (bicyclic) bond motifs is 1. The van der Waals surface area contributed by atoms with Crippen molar-refractivity contribution in [2.75, 3.05) is 0 Å². The molecule has 0 bridgehead atoms. The molecule has 0 amide bonds. The average molecular weight is 414 g/mol. The summed E-state index contributed by atoms with van der Waals surface area (Å²) in [6.45, 7) is 9.59. The maximum atomic E-state index is 14.1. The van der Waals surface area contributed by atoms with Gasteiger partial charge in [-0.25, -0.2) is 4.85 Å². The first kappa shape index (κ1) is 21.6. The van der Waals surface area contributed by atoms with Crippen LogP contribution in [0.5, 0.6) is 0 Å². The number of benzene rings is 2. The van der Waals surface area contributed by atoms with E-state index in [2.05, 4.69) is 4.85 Å². The lowest BCUT2D eigenvalue weighted by molar-refractivity contribution is -0.271. The van der Waals surface area contributed by atoms with Crippen LogP contribution in [-0.4, -0.2) is 21.5 Å². The Kier molecular flexibility index (Phi) is 5.48. The Morgan fingerprint density at radius 2 is 1.77 bits per heavy atom. The van der Waals surface area contributed by atoms with Gasteiger partial charge in [0, 0.05) is 17.6 Å². The molecule has 2 aromatic carbocycles. The SMILES string of the molecule is [C-]#[N+]c1cccc(C(C)(C)CC(O)(Cn2ccc(=O)c3ccccc32)C(F)(F)F)c1. The Morgan fingerprint density at radius 3 is 2.43 bits per heavy atom. The fourth-order valence-electron chi connectivity index (χ4n) is 3.76. The van der Waals surface area contributed by atoms with Crippen molar-refractivity contribution in [3.63, 3.8) is 0 Å². The van der Waals surface area contributed by atoms with Crippen LogP contribution in [0.25, 0.3) is 15.7 Å². The minimum atomic E-state index is -4.91. The third-order valence-corrected chi connectivity index (χ3v) is 5.34. The number of hydrogen-bond donors (Lipinski definition) is 1. The van der Waals surface area contributed by atoms with E-state index in [9.17, 15) is 23.1 Å². The van der Waals surface area contributed by atoms with E-state index in [4.69, 9.17) is 6.57 Å². The second kappa shape index (κ2) is 7.62. The molecule has 156 valence electrons. The molecule has 0 saturated carbocycles. The van der Waals surface area contributed by atoms with Crippen LogP contribution in [0.15, 0.2) is 65.6 Å². The van der Waals surface area contributed by atoms with E-state index in [-0.39, 0.29) is 10.8 Å². The molecule has 30 heavy (non-hydrogen) atoms. The number of alkyl halides is 3. The van der Waals surface area contributed by atoms with Gasteiger partial charge in [-0.05, 0) is 24.0 Å². The summed E-state index contributed by atoms with van der Waals surface area (Å²) in [6, 6.07) is 13.9. The molecule has 4 nitrogen and oxygen atoms in total. The van der Waals surface area contributed by atoms with Crippen LogP contribution in [0, 0.1) is 6.57 Å². The second-order valence-electron chi connectivity index (χ2n) is 8.08. The number of nitrogens with zero attached hydrogens (tertiary/aromatic N) is 2. The molecule has 1 atom stereocenters. The molecule has 0 spiro atoms. The van der Waals surface area contributed by atoms with E-state index in [1.807, 2.05) is 0 Å². The van der Waals surface area contributed by atoms with Gasteiger partial charge in [-0.15, -0.1) is 0 Å². The van der Waals surface area contributed by atoms with E-state index in [0.29, 0.717) is 16.8 Å². The van der Waals surface area contributed by atoms with Crippen LogP contribution < -0.4 is 5.43 Å². The minimum absolute atomic E-state index is 0.286. The maximum Gasteiger partial charge on any atom is 0.418 e. The van der Waals surface area contributed by atoms with Gasteiger partial charge in [0.1, 0.15) is 0 Å². The fraction of sp³-hybridized carbons (Fsp3) is 0.304. The first-order valence-corrected chi connectivity index (χ1v) is 9.32. The van der Waals surface area contributed by atoms with Gasteiger partial charge < -0.3 is 9.67 Å². The number of hydrogen-bond acceptors (Lipinski definition) is 2. The zero-order valence-electron chi connectivity index (χ0n) is 16.6.